The van der Waals surface area contributed by atoms with E-state index in [-0.39, 0.29) is 23.6 Å². The second-order valence-electron chi connectivity index (χ2n) is 7.36. The van der Waals surface area contributed by atoms with E-state index >= 15 is 0 Å². The number of ether oxygens (including phenoxy) is 1. The molecule has 2 aliphatic heterocycles. The van der Waals surface area contributed by atoms with Gasteiger partial charge in [0, 0.05) is 18.7 Å². The van der Waals surface area contributed by atoms with E-state index < -0.39 is 18.4 Å². The van der Waals surface area contributed by atoms with Gasteiger partial charge in [-0.2, -0.15) is 0 Å². The first-order chi connectivity index (χ1) is 14.2. The largest absolute Gasteiger partial charge is 0.573 e. The number of amides is 2. The number of benzene rings is 2. The quantitative estimate of drug-likeness (QED) is 0.782. The van der Waals surface area contributed by atoms with E-state index in [1.807, 2.05) is 0 Å². The maximum absolute atomic E-state index is 13.1. The summed E-state index contributed by atoms with van der Waals surface area (Å²) in [5.41, 5.74) is 1.80. The van der Waals surface area contributed by atoms with Crippen molar-refractivity contribution >= 4 is 11.8 Å². The number of fused-ring (bicyclic) bond motifs is 1. The van der Waals surface area contributed by atoms with Crippen molar-refractivity contribution in [2.24, 2.45) is 0 Å². The molecule has 0 aliphatic carbocycles. The third kappa shape index (κ3) is 3.85. The average molecular weight is 419 g/mol. The lowest BCUT2D eigenvalue weighted by molar-refractivity contribution is -0.274. The van der Waals surface area contributed by atoms with E-state index in [1.165, 1.54) is 24.3 Å². The zero-order valence-corrected chi connectivity index (χ0v) is 16.1. The standard InChI is InChI=1S/C21H20F3N3O3/c1-12(13-6-8-15(9-7-13)30-21(22,23)24)26-19(28)18-16-4-2-3-5-17(16)20(29)27(18)14-10-25-11-14/h2-9,12,14,18,25H,10-11H2,1H3,(H,26,28). The molecule has 1 saturated heterocycles. The number of hydrogen-bond donors (Lipinski definition) is 2. The summed E-state index contributed by atoms with van der Waals surface area (Å²) in [7, 11) is 0. The monoisotopic (exact) mass is 419 g/mol. The van der Waals surface area contributed by atoms with E-state index in [9.17, 15) is 22.8 Å². The van der Waals surface area contributed by atoms with Crippen LogP contribution >= 0.6 is 0 Å². The lowest BCUT2D eigenvalue weighted by Gasteiger charge is -2.39. The van der Waals surface area contributed by atoms with Gasteiger partial charge in [0.2, 0.25) is 5.91 Å². The van der Waals surface area contributed by atoms with Crippen LogP contribution in [0.5, 0.6) is 5.75 Å². The van der Waals surface area contributed by atoms with E-state index in [1.54, 1.807) is 36.1 Å². The molecular weight excluding hydrogens is 399 g/mol. The summed E-state index contributed by atoms with van der Waals surface area (Å²) in [6.45, 7) is 2.98. The number of alkyl halides is 3. The average Bonchev–Trinajstić information content (AvgIpc) is 2.93. The molecule has 4 rings (SSSR count). The van der Waals surface area contributed by atoms with Crippen LogP contribution in [0.1, 0.15) is 40.5 Å². The van der Waals surface area contributed by atoms with Crippen LogP contribution in [0.2, 0.25) is 0 Å². The summed E-state index contributed by atoms with van der Waals surface area (Å²) < 4.78 is 40.8. The van der Waals surface area contributed by atoms with Crippen molar-refractivity contribution in [1.29, 1.82) is 0 Å². The molecule has 2 aromatic carbocycles. The summed E-state index contributed by atoms with van der Waals surface area (Å²) in [5, 5.41) is 6.00. The maximum Gasteiger partial charge on any atom is 0.573 e. The van der Waals surface area contributed by atoms with Crippen LogP contribution in [0.25, 0.3) is 0 Å². The van der Waals surface area contributed by atoms with Crippen molar-refractivity contribution in [3.05, 3.63) is 65.2 Å². The van der Waals surface area contributed by atoms with Gasteiger partial charge in [-0.15, -0.1) is 13.2 Å². The lowest BCUT2D eigenvalue weighted by atomic mass is 10.0. The fourth-order valence-corrected chi connectivity index (χ4v) is 3.78. The van der Waals surface area contributed by atoms with Gasteiger partial charge < -0.3 is 20.3 Å². The van der Waals surface area contributed by atoms with Crippen LogP contribution in [0.4, 0.5) is 13.2 Å². The highest BCUT2D eigenvalue weighted by atomic mass is 19.4. The lowest BCUT2D eigenvalue weighted by Crippen LogP contribution is -2.59. The first-order valence-corrected chi connectivity index (χ1v) is 9.53. The second-order valence-corrected chi connectivity index (χ2v) is 7.36. The molecule has 2 atom stereocenters. The summed E-state index contributed by atoms with van der Waals surface area (Å²) in [6.07, 6.45) is -4.76. The Balaban J connectivity index is 1.51. The zero-order valence-electron chi connectivity index (χ0n) is 16.1. The van der Waals surface area contributed by atoms with Gasteiger partial charge in [0.15, 0.2) is 0 Å². The van der Waals surface area contributed by atoms with Gasteiger partial charge in [-0.1, -0.05) is 30.3 Å². The fourth-order valence-electron chi connectivity index (χ4n) is 3.78. The highest BCUT2D eigenvalue weighted by Gasteiger charge is 2.46. The summed E-state index contributed by atoms with van der Waals surface area (Å²) in [4.78, 5) is 27.6. The predicted molar refractivity (Wildman–Crippen MR) is 102 cm³/mol. The molecule has 0 radical (unpaired) electrons. The Morgan fingerprint density at radius 2 is 1.83 bits per heavy atom. The number of nitrogens with one attached hydrogen (secondary N) is 2. The number of halogens is 3. The Bertz CT molecular complexity index is 958. The van der Waals surface area contributed by atoms with Crippen LogP contribution in [-0.4, -0.2) is 42.2 Å². The fraction of sp³-hybridized carbons (Fsp3) is 0.333. The molecule has 0 bridgehead atoms. The molecule has 0 saturated carbocycles. The van der Waals surface area contributed by atoms with Gasteiger partial charge in [-0.25, -0.2) is 0 Å². The van der Waals surface area contributed by atoms with Crippen molar-refractivity contribution in [1.82, 2.24) is 15.5 Å². The molecule has 30 heavy (non-hydrogen) atoms. The van der Waals surface area contributed by atoms with E-state index in [0.29, 0.717) is 29.8 Å². The number of carbonyl (C=O) groups is 2. The second kappa shape index (κ2) is 7.64. The van der Waals surface area contributed by atoms with Gasteiger partial charge in [0.1, 0.15) is 11.8 Å². The number of rotatable bonds is 5. The molecule has 2 N–H and O–H groups in total. The zero-order chi connectivity index (χ0) is 21.5. The topological polar surface area (TPSA) is 70.7 Å². The summed E-state index contributed by atoms with van der Waals surface area (Å²) in [5.74, 6) is -0.828. The van der Waals surface area contributed by atoms with Crippen LogP contribution < -0.4 is 15.4 Å². The Labute approximate surface area is 171 Å². The van der Waals surface area contributed by atoms with Crippen LogP contribution in [0, 0.1) is 0 Å². The Morgan fingerprint density at radius 1 is 1.17 bits per heavy atom. The van der Waals surface area contributed by atoms with Crippen molar-refractivity contribution in [3.8, 4) is 5.75 Å². The third-order valence-electron chi connectivity index (χ3n) is 5.37. The molecule has 9 heteroatoms. The molecule has 0 spiro atoms. The first-order valence-electron chi connectivity index (χ1n) is 9.53. The molecule has 158 valence electrons. The first kappa shape index (κ1) is 20.2. The molecule has 2 aromatic rings. The molecule has 2 unspecified atom stereocenters. The maximum atomic E-state index is 13.1. The van der Waals surface area contributed by atoms with Gasteiger partial charge in [-0.05, 0) is 36.2 Å². The number of carbonyl (C=O) groups excluding carboxylic acids is 2. The number of hydrogen-bond acceptors (Lipinski definition) is 4. The van der Waals surface area contributed by atoms with Gasteiger partial charge in [-0.3, -0.25) is 9.59 Å². The normalized spacial score (nSPS) is 19.8. The molecule has 1 fully saturated rings. The molecule has 2 heterocycles. The smallest absolute Gasteiger partial charge is 0.406 e. The van der Waals surface area contributed by atoms with E-state index in [4.69, 9.17) is 0 Å². The minimum Gasteiger partial charge on any atom is -0.406 e. The van der Waals surface area contributed by atoms with Crippen molar-refractivity contribution < 1.29 is 27.5 Å². The van der Waals surface area contributed by atoms with Gasteiger partial charge >= 0.3 is 6.36 Å². The van der Waals surface area contributed by atoms with Crippen molar-refractivity contribution in [2.75, 3.05) is 13.1 Å². The van der Waals surface area contributed by atoms with E-state index in [0.717, 1.165) is 0 Å². The van der Waals surface area contributed by atoms with Crippen molar-refractivity contribution in [2.45, 2.75) is 31.4 Å². The van der Waals surface area contributed by atoms with Gasteiger partial charge in [0.05, 0.1) is 12.1 Å². The predicted octanol–water partition coefficient (Wildman–Crippen LogP) is 2.93. The third-order valence-corrected chi connectivity index (χ3v) is 5.37. The number of nitrogens with zero attached hydrogens (tertiary/aromatic N) is 1. The SMILES string of the molecule is CC(NC(=O)C1c2ccccc2C(=O)N1C1CNC1)c1ccc(OC(F)(F)F)cc1. The summed E-state index contributed by atoms with van der Waals surface area (Å²) in [6, 6.07) is 11.1. The highest BCUT2D eigenvalue weighted by molar-refractivity contribution is 6.05. The summed E-state index contributed by atoms with van der Waals surface area (Å²) >= 11 is 0. The highest BCUT2D eigenvalue weighted by Crippen LogP contribution is 2.36. The van der Waals surface area contributed by atoms with Crippen LogP contribution in [0.15, 0.2) is 48.5 Å². The van der Waals surface area contributed by atoms with Crippen molar-refractivity contribution in [3.63, 3.8) is 0 Å². The molecule has 6 nitrogen and oxygen atoms in total. The van der Waals surface area contributed by atoms with E-state index in [2.05, 4.69) is 15.4 Å². The minimum absolute atomic E-state index is 0.0604. The molecule has 2 amide bonds. The van der Waals surface area contributed by atoms with Crippen LogP contribution in [-0.2, 0) is 4.79 Å². The Morgan fingerprint density at radius 3 is 2.43 bits per heavy atom. The minimum atomic E-state index is -4.76. The molecular formula is C21H20F3N3O3. The Hall–Kier alpha value is -3.07. The molecule has 0 aromatic heterocycles. The van der Waals surface area contributed by atoms with Gasteiger partial charge in [0.25, 0.3) is 5.91 Å². The van der Waals surface area contributed by atoms with Crippen LogP contribution in [0.3, 0.4) is 0 Å². The Kier molecular flexibility index (Phi) is 5.15. The molecule has 2 aliphatic rings.